The van der Waals surface area contributed by atoms with Crippen LogP contribution in [0.15, 0.2) is 24.3 Å². The molecule has 2 unspecified atom stereocenters. The van der Waals surface area contributed by atoms with Gasteiger partial charge in [0.1, 0.15) is 5.75 Å². The molecule has 0 aromatic heterocycles. The van der Waals surface area contributed by atoms with Gasteiger partial charge in [0.05, 0.1) is 6.61 Å². The molecule has 3 nitrogen and oxygen atoms in total. The Kier molecular flexibility index (Phi) is 4.58. The molecule has 0 aliphatic carbocycles. The molecule has 0 spiro atoms. The van der Waals surface area contributed by atoms with Crippen LogP contribution in [-0.2, 0) is 0 Å². The maximum Gasteiger partial charge on any atom is 0.122 e. The van der Waals surface area contributed by atoms with E-state index in [1.165, 1.54) is 37.8 Å². The molecule has 0 amide bonds. The van der Waals surface area contributed by atoms with Gasteiger partial charge in [-0.15, -0.1) is 0 Å². The van der Waals surface area contributed by atoms with Gasteiger partial charge >= 0.3 is 0 Å². The van der Waals surface area contributed by atoms with E-state index in [1.54, 1.807) is 0 Å². The Bertz CT molecular complexity index is 435. The van der Waals surface area contributed by atoms with Crippen molar-refractivity contribution in [2.75, 3.05) is 26.2 Å². The van der Waals surface area contributed by atoms with Crippen molar-refractivity contribution in [2.24, 2.45) is 5.73 Å². The smallest absolute Gasteiger partial charge is 0.122 e. The van der Waals surface area contributed by atoms with E-state index < -0.39 is 0 Å². The minimum absolute atomic E-state index is 0.576. The first-order valence-electron chi connectivity index (χ1n) is 8.04. The molecule has 1 aromatic rings. The number of nitrogens with two attached hydrogens (primary N) is 1. The molecule has 2 aliphatic heterocycles. The second-order valence-electron chi connectivity index (χ2n) is 6.11. The number of hydrogen-bond acceptors (Lipinski definition) is 3. The fraction of sp³-hybridized carbons (Fsp3) is 0.647. The van der Waals surface area contributed by atoms with Crippen LogP contribution in [0, 0.1) is 0 Å². The van der Waals surface area contributed by atoms with E-state index in [1.807, 2.05) is 0 Å². The highest BCUT2D eigenvalue weighted by atomic mass is 16.5. The molecule has 2 atom stereocenters. The molecule has 3 heteroatoms. The molecule has 0 radical (unpaired) electrons. The summed E-state index contributed by atoms with van der Waals surface area (Å²) in [4.78, 5) is 2.64. The molecule has 0 bridgehead atoms. The zero-order valence-corrected chi connectivity index (χ0v) is 12.3. The second kappa shape index (κ2) is 6.59. The van der Waals surface area contributed by atoms with E-state index in [2.05, 4.69) is 29.2 Å². The first kappa shape index (κ1) is 13.9. The Morgan fingerprint density at radius 1 is 1.15 bits per heavy atom. The maximum atomic E-state index is 6.00. The van der Waals surface area contributed by atoms with Crippen molar-refractivity contribution in [3.05, 3.63) is 29.8 Å². The third kappa shape index (κ3) is 2.99. The lowest BCUT2D eigenvalue weighted by Gasteiger charge is -2.34. The number of rotatable bonds is 3. The summed E-state index contributed by atoms with van der Waals surface area (Å²) >= 11 is 0. The quantitative estimate of drug-likeness (QED) is 0.921. The maximum absolute atomic E-state index is 6.00. The van der Waals surface area contributed by atoms with Crippen LogP contribution < -0.4 is 10.5 Å². The number of ether oxygens (including phenoxy) is 1. The number of nitrogens with zero attached hydrogens (tertiary/aromatic N) is 1. The molecule has 1 saturated heterocycles. The van der Waals surface area contributed by atoms with Crippen molar-refractivity contribution < 1.29 is 4.74 Å². The lowest BCUT2D eigenvalue weighted by Crippen LogP contribution is -2.42. The molecular formula is C17H26N2O. The topological polar surface area (TPSA) is 38.5 Å². The lowest BCUT2D eigenvalue weighted by atomic mass is 9.92. The lowest BCUT2D eigenvalue weighted by molar-refractivity contribution is 0.170. The van der Waals surface area contributed by atoms with Crippen molar-refractivity contribution in [3.63, 3.8) is 0 Å². The van der Waals surface area contributed by atoms with E-state index in [0.29, 0.717) is 12.0 Å². The van der Waals surface area contributed by atoms with Gasteiger partial charge in [0.2, 0.25) is 0 Å². The zero-order valence-electron chi connectivity index (χ0n) is 12.3. The fourth-order valence-electron chi connectivity index (χ4n) is 3.63. The fourth-order valence-corrected chi connectivity index (χ4v) is 3.63. The third-order valence-electron chi connectivity index (χ3n) is 4.81. The Balaban J connectivity index is 1.73. The summed E-state index contributed by atoms with van der Waals surface area (Å²) in [5, 5.41) is 0. The number of hydrogen-bond donors (Lipinski definition) is 1. The van der Waals surface area contributed by atoms with Crippen LogP contribution in [0.4, 0.5) is 0 Å². The normalized spacial score (nSPS) is 27.4. The van der Waals surface area contributed by atoms with E-state index >= 15 is 0 Å². The monoisotopic (exact) mass is 274 g/mol. The SMILES string of the molecule is NCC1CCCCCN1CC1CCOc2ccccc21. The molecule has 3 rings (SSSR count). The minimum Gasteiger partial charge on any atom is -0.493 e. The molecule has 2 N–H and O–H groups in total. The van der Waals surface area contributed by atoms with Crippen molar-refractivity contribution in [3.8, 4) is 5.75 Å². The van der Waals surface area contributed by atoms with Gasteiger partial charge in [-0.3, -0.25) is 4.90 Å². The van der Waals surface area contributed by atoms with Gasteiger partial charge in [0.25, 0.3) is 0 Å². The first-order valence-corrected chi connectivity index (χ1v) is 8.04. The van der Waals surface area contributed by atoms with Gasteiger partial charge in [-0.2, -0.15) is 0 Å². The highest BCUT2D eigenvalue weighted by molar-refractivity contribution is 5.37. The van der Waals surface area contributed by atoms with Crippen LogP contribution in [0.3, 0.4) is 0 Å². The Hall–Kier alpha value is -1.06. The average Bonchev–Trinajstić information content (AvgIpc) is 2.72. The predicted octanol–water partition coefficient (Wildman–Crippen LogP) is 2.76. The summed E-state index contributed by atoms with van der Waals surface area (Å²) < 4.78 is 5.78. The van der Waals surface area contributed by atoms with Crippen LogP contribution in [0.1, 0.15) is 43.6 Å². The summed E-state index contributed by atoms with van der Waals surface area (Å²) in [5.74, 6) is 1.69. The first-order chi connectivity index (χ1) is 9.88. The summed E-state index contributed by atoms with van der Waals surface area (Å²) in [6, 6.07) is 9.10. The van der Waals surface area contributed by atoms with Crippen LogP contribution >= 0.6 is 0 Å². The molecule has 1 aromatic carbocycles. The van der Waals surface area contributed by atoms with Gasteiger partial charge in [0, 0.05) is 25.0 Å². The Morgan fingerprint density at radius 2 is 2.05 bits per heavy atom. The number of para-hydroxylation sites is 1. The molecular weight excluding hydrogens is 248 g/mol. The molecule has 1 fully saturated rings. The van der Waals surface area contributed by atoms with Gasteiger partial charge in [0.15, 0.2) is 0 Å². The highest BCUT2D eigenvalue weighted by Gasteiger charge is 2.27. The number of likely N-dealkylation sites (tertiary alicyclic amines) is 1. The third-order valence-corrected chi connectivity index (χ3v) is 4.81. The zero-order chi connectivity index (χ0) is 13.8. The molecule has 2 heterocycles. The predicted molar refractivity (Wildman–Crippen MR) is 82.2 cm³/mol. The van der Waals surface area contributed by atoms with Crippen LogP contribution in [0.2, 0.25) is 0 Å². The largest absolute Gasteiger partial charge is 0.493 e. The van der Waals surface area contributed by atoms with E-state index in [0.717, 1.165) is 31.9 Å². The van der Waals surface area contributed by atoms with E-state index in [-0.39, 0.29) is 0 Å². The van der Waals surface area contributed by atoms with Crippen molar-refractivity contribution in [2.45, 2.75) is 44.1 Å². The van der Waals surface area contributed by atoms with Gasteiger partial charge in [-0.05, 0) is 37.4 Å². The standard InChI is InChI=1S/C17H26N2O/c18-12-15-6-2-1-5-10-19(15)13-14-9-11-20-17-8-4-3-7-16(14)17/h3-4,7-8,14-15H,1-2,5-6,9-13,18H2. The average molecular weight is 274 g/mol. The number of benzene rings is 1. The minimum atomic E-state index is 0.576. The van der Waals surface area contributed by atoms with Gasteiger partial charge in [-0.1, -0.05) is 31.0 Å². The number of fused-ring (bicyclic) bond motifs is 1. The van der Waals surface area contributed by atoms with Crippen LogP contribution in [-0.4, -0.2) is 37.2 Å². The second-order valence-corrected chi connectivity index (χ2v) is 6.11. The highest BCUT2D eigenvalue weighted by Crippen LogP contribution is 2.34. The molecule has 2 aliphatic rings. The van der Waals surface area contributed by atoms with Crippen LogP contribution in [0.5, 0.6) is 5.75 Å². The molecule has 110 valence electrons. The summed E-state index contributed by atoms with van der Waals surface area (Å²) in [5.41, 5.74) is 7.38. The molecule has 0 saturated carbocycles. The van der Waals surface area contributed by atoms with Crippen molar-refractivity contribution in [1.29, 1.82) is 0 Å². The summed E-state index contributed by atoms with van der Waals surface area (Å²) in [6.07, 6.45) is 6.41. The Labute approximate surface area is 122 Å². The Morgan fingerprint density at radius 3 is 2.95 bits per heavy atom. The van der Waals surface area contributed by atoms with Crippen LogP contribution in [0.25, 0.3) is 0 Å². The molecule has 20 heavy (non-hydrogen) atoms. The van der Waals surface area contributed by atoms with Gasteiger partial charge in [-0.25, -0.2) is 0 Å². The van der Waals surface area contributed by atoms with Crippen molar-refractivity contribution in [1.82, 2.24) is 4.90 Å². The van der Waals surface area contributed by atoms with Crippen molar-refractivity contribution >= 4 is 0 Å². The van der Waals surface area contributed by atoms with Gasteiger partial charge < -0.3 is 10.5 Å². The summed E-state index contributed by atoms with van der Waals surface area (Å²) in [6.45, 7) is 4.00. The van der Waals surface area contributed by atoms with E-state index in [4.69, 9.17) is 10.5 Å². The van der Waals surface area contributed by atoms with E-state index in [9.17, 15) is 0 Å². The summed E-state index contributed by atoms with van der Waals surface area (Å²) in [7, 11) is 0.